The molecule has 1 N–H and O–H groups in total. The van der Waals surface area contributed by atoms with Gasteiger partial charge in [0.2, 0.25) is 0 Å². The molecule has 0 aromatic heterocycles. The molecule has 0 radical (unpaired) electrons. The molecule has 2 aliphatic rings. The van der Waals surface area contributed by atoms with Gasteiger partial charge in [-0.3, -0.25) is 4.79 Å². The Morgan fingerprint density at radius 2 is 1.50 bits per heavy atom. The van der Waals surface area contributed by atoms with E-state index in [0.29, 0.717) is 25.2 Å². The van der Waals surface area contributed by atoms with Crippen molar-refractivity contribution < 1.29 is 9.59 Å². The van der Waals surface area contributed by atoms with Gasteiger partial charge in [0.25, 0.3) is 5.91 Å². The predicted octanol–water partition coefficient (Wildman–Crippen LogP) is 3.34. The molecule has 2 aliphatic heterocycles. The first-order valence-corrected chi connectivity index (χ1v) is 10.9. The van der Waals surface area contributed by atoms with Gasteiger partial charge in [-0.05, 0) is 49.1 Å². The normalized spacial score (nSPS) is 17.0. The minimum Gasteiger partial charge on any atom is -0.368 e. The number of benzene rings is 2. The lowest BCUT2D eigenvalue weighted by Gasteiger charge is -2.36. The van der Waals surface area contributed by atoms with Crippen LogP contribution < -0.4 is 10.2 Å². The number of nitrogens with zero attached hydrogens (tertiary/aromatic N) is 3. The number of amides is 3. The Morgan fingerprint density at radius 3 is 2.23 bits per heavy atom. The topological polar surface area (TPSA) is 55.9 Å². The number of piperidine rings is 1. The number of carbonyl (C=O) groups excluding carboxylic acids is 2. The molecule has 0 saturated carbocycles. The van der Waals surface area contributed by atoms with Gasteiger partial charge in [-0.25, -0.2) is 4.79 Å². The van der Waals surface area contributed by atoms with E-state index < -0.39 is 0 Å². The molecule has 2 saturated heterocycles. The Bertz CT molecular complexity index is 857. The van der Waals surface area contributed by atoms with Crippen LogP contribution in [0.1, 0.15) is 35.2 Å². The van der Waals surface area contributed by atoms with E-state index in [4.69, 9.17) is 0 Å². The first-order chi connectivity index (χ1) is 14.7. The van der Waals surface area contributed by atoms with Gasteiger partial charge < -0.3 is 20.0 Å². The Morgan fingerprint density at radius 1 is 0.767 bits per heavy atom. The zero-order chi connectivity index (χ0) is 20.8. The number of hydrogen-bond acceptors (Lipinski definition) is 3. The summed E-state index contributed by atoms with van der Waals surface area (Å²) in [6, 6.07) is 17.9. The fourth-order valence-electron chi connectivity index (χ4n) is 4.19. The van der Waals surface area contributed by atoms with Crippen molar-refractivity contribution in [2.45, 2.75) is 25.8 Å². The first-order valence-electron chi connectivity index (χ1n) is 10.9. The van der Waals surface area contributed by atoms with Gasteiger partial charge in [-0.15, -0.1) is 0 Å². The minimum absolute atomic E-state index is 0.0459. The fourth-order valence-corrected chi connectivity index (χ4v) is 4.19. The molecular formula is C24H30N4O2. The van der Waals surface area contributed by atoms with E-state index in [1.807, 2.05) is 52.3 Å². The number of anilines is 1. The van der Waals surface area contributed by atoms with Crippen LogP contribution in [0.2, 0.25) is 0 Å². The van der Waals surface area contributed by atoms with Crippen LogP contribution in [0, 0.1) is 0 Å². The second kappa shape index (κ2) is 9.65. The fraction of sp³-hybridized carbons (Fsp3) is 0.417. The van der Waals surface area contributed by atoms with E-state index in [-0.39, 0.29) is 11.9 Å². The van der Waals surface area contributed by atoms with Crippen LogP contribution in [-0.2, 0) is 6.54 Å². The largest absolute Gasteiger partial charge is 0.368 e. The Labute approximate surface area is 178 Å². The number of urea groups is 1. The minimum atomic E-state index is -0.0459. The molecule has 2 aromatic carbocycles. The van der Waals surface area contributed by atoms with Crippen LogP contribution in [0.5, 0.6) is 0 Å². The van der Waals surface area contributed by atoms with E-state index in [2.05, 4.69) is 22.3 Å². The molecule has 0 spiro atoms. The van der Waals surface area contributed by atoms with Gasteiger partial charge >= 0.3 is 6.03 Å². The van der Waals surface area contributed by atoms with Crippen molar-refractivity contribution >= 4 is 17.6 Å². The maximum atomic E-state index is 12.7. The average molecular weight is 407 g/mol. The molecule has 30 heavy (non-hydrogen) atoms. The molecule has 2 fully saturated rings. The third kappa shape index (κ3) is 4.93. The van der Waals surface area contributed by atoms with Crippen LogP contribution in [0.3, 0.4) is 0 Å². The van der Waals surface area contributed by atoms with Crippen molar-refractivity contribution in [1.29, 1.82) is 0 Å². The van der Waals surface area contributed by atoms with Crippen molar-refractivity contribution in [1.82, 2.24) is 15.1 Å². The van der Waals surface area contributed by atoms with Crippen molar-refractivity contribution in [3.63, 3.8) is 0 Å². The summed E-state index contributed by atoms with van der Waals surface area (Å²) in [5, 5.41) is 3.01. The number of para-hydroxylation sites is 1. The third-order valence-electron chi connectivity index (χ3n) is 5.95. The zero-order valence-corrected chi connectivity index (χ0v) is 17.4. The van der Waals surface area contributed by atoms with Crippen molar-refractivity contribution in [2.24, 2.45) is 0 Å². The molecule has 3 amide bonds. The quantitative estimate of drug-likeness (QED) is 0.847. The van der Waals surface area contributed by atoms with E-state index in [1.54, 1.807) is 0 Å². The summed E-state index contributed by atoms with van der Waals surface area (Å²) in [4.78, 5) is 31.4. The number of hydrogen-bond donors (Lipinski definition) is 1. The summed E-state index contributed by atoms with van der Waals surface area (Å²) in [5.41, 5.74) is 2.86. The number of nitrogens with one attached hydrogen (secondary N) is 1. The summed E-state index contributed by atoms with van der Waals surface area (Å²) in [6.07, 6.45) is 3.37. The van der Waals surface area contributed by atoms with E-state index >= 15 is 0 Å². The van der Waals surface area contributed by atoms with Gasteiger partial charge in [-0.1, -0.05) is 30.3 Å². The van der Waals surface area contributed by atoms with Gasteiger partial charge in [0.05, 0.1) is 0 Å². The lowest BCUT2D eigenvalue weighted by atomic mass is 10.1. The lowest BCUT2D eigenvalue weighted by molar-refractivity contribution is 0.0724. The highest BCUT2D eigenvalue weighted by Gasteiger charge is 2.21. The SMILES string of the molecule is O=C(NCc1cccc(C(=O)N2CCCCC2)c1)N1CCN(c2ccccc2)CC1. The summed E-state index contributed by atoms with van der Waals surface area (Å²) >= 11 is 0. The molecule has 6 nitrogen and oxygen atoms in total. The highest BCUT2D eigenvalue weighted by Crippen LogP contribution is 2.16. The number of likely N-dealkylation sites (tertiary alicyclic amines) is 1. The lowest BCUT2D eigenvalue weighted by Crippen LogP contribution is -2.51. The second-order valence-electron chi connectivity index (χ2n) is 8.02. The van der Waals surface area contributed by atoms with Crippen molar-refractivity contribution in [2.75, 3.05) is 44.2 Å². The van der Waals surface area contributed by atoms with E-state index in [1.165, 1.54) is 12.1 Å². The average Bonchev–Trinajstić information content (AvgIpc) is 2.83. The number of carbonyl (C=O) groups is 2. The van der Waals surface area contributed by atoms with Crippen molar-refractivity contribution in [3.8, 4) is 0 Å². The third-order valence-corrected chi connectivity index (χ3v) is 5.95. The molecule has 2 aromatic rings. The van der Waals surface area contributed by atoms with Gasteiger partial charge in [0.15, 0.2) is 0 Å². The summed E-state index contributed by atoms with van der Waals surface area (Å²) in [5.74, 6) is 0.0971. The molecule has 0 unspecified atom stereocenters. The molecule has 4 rings (SSSR count). The van der Waals surface area contributed by atoms with Crippen LogP contribution in [-0.4, -0.2) is 61.0 Å². The predicted molar refractivity (Wildman–Crippen MR) is 119 cm³/mol. The first kappa shape index (κ1) is 20.3. The number of rotatable bonds is 4. The van der Waals surface area contributed by atoms with E-state index in [0.717, 1.165) is 44.6 Å². The molecule has 6 heteroatoms. The van der Waals surface area contributed by atoms with Gasteiger partial charge in [-0.2, -0.15) is 0 Å². The molecule has 0 atom stereocenters. The maximum absolute atomic E-state index is 12.7. The standard InChI is InChI=1S/C24H30N4O2/c29-23(27-12-5-2-6-13-27)21-9-7-8-20(18-21)19-25-24(30)28-16-14-26(15-17-28)22-10-3-1-4-11-22/h1,3-4,7-11,18H,2,5-6,12-17,19H2,(H,25,30). The molecule has 2 heterocycles. The van der Waals surface area contributed by atoms with Crippen LogP contribution in [0.25, 0.3) is 0 Å². The monoisotopic (exact) mass is 406 g/mol. The number of piperazine rings is 1. The van der Waals surface area contributed by atoms with Crippen LogP contribution >= 0.6 is 0 Å². The smallest absolute Gasteiger partial charge is 0.317 e. The summed E-state index contributed by atoms with van der Waals surface area (Å²) < 4.78 is 0. The zero-order valence-electron chi connectivity index (χ0n) is 17.4. The highest BCUT2D eigenvalue weighted by atomic mass is 16.2. The Hall–Kier alpha value is -3.02. The molecule has 0 aliphatic carbocycles. The molecule has 0 bridgehead atoms. The van der Waals surface area contributed by atoms with Crippen LogP contribution in [0.15, 0.2) is 54.6 Å². The summed E-state index contributed by atoms with van der Waals surface area (Å²) in [7, 11) is 0. The van der Waals surface area contributed by atoms with Gasteiger partial charge in [0, 0.05) is 57.1 Å². The Kier molecular flexibility index (Phi) is 6.52. The molecular weight excluding hydrogens is 376 g/mol. The van der Waals surface area contributed by atoms with E-state index in [9.17, 15) is 9.59 Å². The van der Waals surface area contributed by atoms with Crippen LogP contribution in [0.4, 0.5) is 10.5 Å². The highest BCUT2D eigenvalue weighted by molar-refractivity contribution is 5.94. The Balaban J connectivity index is 1.27. The second-order valence-corrected chi connectivity index (χ2v) is 8.02. The van der Waals surface area contributed by atoms with Crippen molar-refractivity contribution in [3.05, 3.63) is 65.7 Å². The van der Waals surface area contributed by atoms with Gasteiger partial charge in [0.1, 0.15) is 0 Å². The molecule has 158 valence electrons. The summed E-state index contributed by atoms with van der Waals surface area (Å²) in [6.45, 7) is 5.18. The maximum Gasteiger partial charge on any atom is 0.317 e.